The minimum Gasteiger partial charge on any atom is -0.382 e. The Kier molecular flexibility index (Phi) is 4.71. The monoisotopic (exact) mass is 372 g/mol. The molecule has 2 aliphatic heterocycles. The predicted molar refractivity (Wildman–Crippen MR) is 87.3 cm³/mol. The Morgan fingerprint density at radius 1 is 1.31 bits per heavy atom. The summed E-state index contributed by atoms with van der Waals surface area (Å²) in [7, 11) is 0. The van der Waals surface area contributed by atoms with Crippen molar-refractivity contribution in [1.29, 1.82) is 0 Å². The molecule has 8 heteroatoms. The molecule has 4 nitrogen and oxygen atoms in total. The molecule has 1 aromatic carbocycles. The lowest BCUT2D eigenvalue weighted by Crippen LogP contribution is -2.58. The van der Waals surface area contributed by atoms with Crippen LogP contribution in [0, 0.1) is 5.92 Å². The fourth-order valence-corrected chi connectivity index (χ4v) is 3.08. The number of likely N-dealkylation sites (tertiary alicyclic amines) is 1. The van der Waals surface area contributed by atoms with Gasteiger partial charge in [0, 0.05) is 12.8 Å². The standard InChI is InChI=1S/C18H20F4N2O2/c1-11(2)7-16(25)24-9-17(19,10-24)13-5-3-12(4-6-13)14-8-15(26-23-14)18(20,21)22/h3-6,11,15H,7-10H2,1-2H3. The van der Waals surface area contributed by atoms with Crippen molar-refractivity contribution in [2.24, 2.45) is 11.1 Å². The number of rotatable bonds is 4. The Bertz CT molecular complexity index is 707. The first-order chi connectivity index (χ1) is 12.1. The Hall–Kier alpha value is -2.12. The third-order valence-electron chi connectivity index (χ3n) is 4.59. The summed E-state index contributed by atoms with van der Waals surface area (Å²) in [5.41, 5.74) is -0.555. The van der Waals surface area contributed by atoms with Crippen molar-refractivity contribution in [2.75, 3.05) is 13.1 Å². The zero-order valence-electron chi connectivity index (χ0n) is 14.5. The van der Waals surface area contributed by atoms with Crippen LogP contribution in [0.3, 0.4) is 0 Å². The van der Waals surface area contributed by atoms with E-state index in [-0.39, 0.29) is 37.0 Å². The Morgan fingerprint density at radius 3 is 2.42 bits per heavy atom. The number of carbonyl (C=O) groups is 1. The van der Waals surface area contributed by atoms with E-state index in [1.54, 1.807) is 0 Å². The lowest BCUT2D eigenvalue weighted by Gasteiger charge is -2.45. The van der Waals surface area contributed by atoms with Gasteiger partial charge in [0.15, 0.2) is 5.67 Å². The molecule has 1 aromatic rings. The van der Waals surface area contributed by atoms with Gasteiger partial charge in [0.25, 0.3) is 0 Å². The van der Waals surface area contributed by atoms with Crippen molar-refractivity contribution in [3.05, 3.63) is 35.4 Å². The maximum absolute atomic E-state index is 14.9. The van der Waals surface area contributed by atoms with Crippen LogP contribution in [0.5, 0.6) is 0 Å². The second-order valence-electron chi connectivity index (χ2n) is 7.27. The van der Waals surface area contributed by atoms with Crippen LogP contribution >= 0.6 is 0 Å². The zero-order chi connectivity index (χ0) is 19.1. The van der Waals surface area contributed by atoms with E-state index in [1.165, 1.54) is 29.2 Å². The van der Waals surface area contributed by atoms with E-state index in [4.69, 9.17) is 0 Å². The predicted octanol–water partition coefficient (Wildman–Crippen LogP) is 3.80. The van der Waals surface area contributed by atoms with Crippen molar-refractivity contribution in [1.82, 2.24) is 4.90 Å². The summed E-state index contributed by atoms with van der Waals surface area (Å²) in [6, 6.07) is 6.14. The maximum atomic E-state index is 14.9. The van der Waals surface area contributed by atoms with Gasteiger partial charge in [0.1, 0.15) is 0 Å². The topological polar surface area (TPSA) is 41.9 Å². The molecule has 1 saturated heterocycles. The second kappa shape index (κ2) is 6.55. The summed E-state index contributed by atoms with van der Waals surface area (Å²) in [6.45, 7) is 3.85. The quantitative estimate of drug-likeness (QED) is 0.755. The lowest BCUT2D eigenvalue weighted by atomic mass is 9.86. The van der Waals surface area contributed by atoms with E-state index in [9.17, 15) is 22.4 Å². The number of oxime groups is 1. The highest BCUT2D eigenvalue weighted by atomic mass is 19.4. The van der Waals surface area contributed by atoms with Gasteiger partial charge in [-0.15, -0.1) is 0 Å². The highest BCUT2D eigenvalue weighted by Gasteiger charge is 2.48. The van der Waals surface area contributed by atoms with Crippen LogP contribution in [0.1, 0.15) is 37.8 Å². The molecule has 0 aliphatic carbocycles. The molecule has 0 radical (unpaired) electrons. The average molecular weight is 372 g/mol. The highest BCUT2D eigenvalue weighted by molar-refractivity contribution is 6.01. The Morgan fingerprint density at radius 2 is 1.92 bits per heavy atom. The number of alkyl halides is 4. The van der Waals surface area contributed by atoms with E-state index in [1.807, 2.05) is 13.8 Å². The zero-order valence-corrected chi connectivity index (χ0v) is 14.5. The molecule has 0 saturated carbocycles. The summed E-state index contributed by atoms with van der Waals surface area (Å²) in [4.78, 5) is 17.8. The molecule has 1 unspecified atom stereocenters. The van der Waals surface area contributed by atoms with Crippen molar-refractivity contribution in [2.45, 2.75) is 44.6 Å². The van der Waals surface area contributed by atoms with Crippen molar-refractivity contribution in [3.8, 4) is 0 Å². The molecule has 1 atom stereocenters. The van der Waals surface area contributed by atoms with Crippen LogP contribution in [-0.2, 0) is 15.3 Å². The molecular formula is C18H20F4N2O2. The van der Waals surface area contributed by atoms with Crippen LogP contribution in [0.25, 0.3) is 0 Å². The molecule has 3 rings (SSSR count). The van der Waals surface area contributed by atoms with Crippen LogP contribution in [0.15, 0.2) is 29.4 Å². The largest absolute Gasteiger partial charge is 0.428 e. The minimum absolute atomic E-state index is 0.00188. The van der Waals surface area contributed by atoms with E-state index in [0.717, 1.165) is 0 Å². The number of benzene rings is 1. The van der Waals surface area contributed by atoms with Gasteiger partial charge in [-0.1, -0.05) is 43.3 Å². The Labute approximate surface area is 148 Å². The fraction of sp³-hybridized carbons (Fsp3) is 0.556. The third-order valence-corrected chi connectivity index (χ3v) is 4.59. The van der Waals surface area contributed by atoms with Gasteiger partial charge in [-0.2, -0.15) is 13.2 Å². The minimum atomic E-state index is -4.47. The normalized spacial score (nSPS) is 22.0. The maximum Gasteiger partial charge on any atom is 0.428 e. The molecule has 1 fully saturated rings. The first-order valence-electron chi connectivity index (χ1n) is 8.45. The summed E-state index contributed by atoms with van der Waals surface area (Å²) in [5, 5.41) is 3.49. The molecular weight excluding hydrogens is 352 g/mol. The van der Waals surface area contributed by atoms with Crippen LogP contribution in [-0.4, -0.2) is 41.9 Å². The second-order valence-corrected chi connectivity index (χ2v) is 7.27. The number of hydrogen-bond donors (Lipinski definition) is 0. The Balaban J connectivity index is 1.62. The molecule has 1 amide bonds. The van der Waals surface area contributed by atoms with Crippen LogP contribution < -0.4 is 0 Å². The first kappa shape index (κ1) is 18.7. The molecule has 2 heterocycles. The highest BCUT2D eigenvalue weighted by Crippen LogP contribution is 2.37. The van der Waals surface area contributed by atoms with Gasteiger partial charge in [-0.3, -0.25) is 4.79 Å². The van der Waals surface area contributed by atoms with E-state index >= 15 is 0 Å². The van der Waals surface area contributed by atoms with Crippen LogP contribution in [0.2, 0.25) is 0 Å². The third kappa shape index (κ3) is 3.68. The number of halogens is 4. The number of nitrogens with zero attached hydrogens (tertiary/aromatic N) is 2. The number of carbonyl (C=O) groups excluding carboxylic acids is 1. The average Bonchev–Trinajstić information content (AvgIpc) is 3.01. The van der Waals surface area contributed by atoms with Gasteiger partial charge in [-0.25, -0.2) is 4.39 Å². The molecule has 0 aromatic heterocycles. The van der Waals surface area contributed by atoms with Gasteiger partial charge in [0.05, 0.1) is 18.8 Å². The van der Waals surface area contributed by atoms with E-state index in [0.29, 0.717) is 17.5 Å². The lowest BCUT2D eigenvalue weighted by molar-refractivity contribution is -0.212. The SMILES string of the molecule is CC(C)CC(=O)N1CC(F)(c2ccc(C3=NOC(C(F)(F)F)C3)cc2)C1. The van der Waals surface area contributed by atoms with Gasteiger partial charge in [-0.05, 0) is 17.0 Å². The van der Waals surface area contributed by atoms with E-state index < -0.39 is 17.9 Å². The summed E-state index contributed by atoms with van der Waals surface area (Å²) in [5.74, 6) is 0.145. The molecule has 0 N–H and O–H groups in total. The van der Waals surface area contributed by atoms with Gasteiger partial charge < -0.3 is 9.74 Å². The molecule has 2 aliphatic rings. The summed E-state index contributed by atoms with van der Waals surface area (Å²) >= 11 is 0. The first-order valence-corrected chi connectivity index (χ1v) is 8.45. The smallest absolute Gasteiger partial charge is 0.382 e. The number of hydrogen-bond acceptors (Lipinski definition) is 3. The molecule has 26 heavy (non-hydrogen) atoms. The summed E-state index contributed by atoms with van der Waals surface area (Å²) in [6.07, 6.45) is -6.38. The summed E-state index contributed by atoms with van der Waals surface area (Å²) < 4.78 is 52.8. The molecule has 0 bridgehead atoms. The number of amides is 1. The molecule has 0 spiro atoms. The van der Waals surface area contributed by atoms with Crippen molar-refractivity contribution in [3.63, 3.8) is 0 Å². The van der Waals surface area contributed by atoms with Gasteiger partial charge >= 0.3 is 6.18 Å². The van der Waals surface area contributed by atoms with Crippen molar-refractivity contribution < 1.29 is 27.2 Å². The molecule has 142 valence electrons. The van der Waals surface area contributed by atoms with Crippen LogP contribution in [0.4, 0.5) is 17.6 Å². The van der Waals surface area contributed by atoms with Crippen molar-refractivity contribution >= 4 is 11.6 Å². The van der Waals surface area contributed by atoms with Gasteiger partial charge in [0.2, 0.25) is 12.0 Å². The fourth-order valence-electron chi connectivity index (χ4n) is 3.08. The van der Waals surface area contributed by atoms with E-state index in [2.05, 4.69) is 9.99 Å².